The lowest BCUT2D eigenvalue weighted by Gasteiger charge is -2.03. The van der Waals surface area contributed by atoms with E-state index in [2.05, 4.69) is 36.7 Å². The smallest absolute Gasteiger partial charge is 0.264 e. The van der Waals surface area contributed by atoms with Gasteiger partial charge in [-0.05, 0) is 18.2 Å². The molecule has 0 saturated carbocycles. The van der Waals surface area contributed by atoms with Crippen LogP contribution in [0.3, 0.4) is 0 Å². The molecule has 1 heterocycles. The maximum Gasteiger partial charge on any atom is 0.264 e. The lowest BCUT2D eigenvalue weighted by atomic mass is 10.2. The van der Waals surface area contributed by atoms with Crippen LogP contribution in [0, 0.1) is 0 Å². The Morgan fingerprint density at radius 3 is 2.75 bits per heavy atom. The first-order valence-corrected chi connectivity index (χ1v) is 10.3. The lowest BCUT2D eigenvalue weighted by molar-refractivity contribution is 0.102. The van der Waals surface area contributed by atoms with Crippen molar-refractivity contribution in [3.63, 3.8) is 0 Å². The Morgan fingerprint density at radius 1 is 1.25 bits per heavy atom. The van der Waals surface area contributed by atoms with Crippen molar-refractivity contribution in [3.8, 4) is 0 Å². The molecule has 2 aromatic carbocycles. The van der Waals surface area contributed by atoms with Gasteiger partial charge in [0, 0.05) is 15.6 Å². The molecule has 0 fully saturated rings. The molecular formula is C17H13BrCl2N6OS. The van der Waals surface area contributed by atoms with E-state index >= 15 is 0 Å². The molecule has 0 aliphatic heterocycles. The highest BCUT2D eigenvalue weighted by Crippen LogP contribution is 2.24. The van der Waals surface area contributed by atoms with Crippen molar-refractivity contribution in [2.75, 3.05) is 17.0 Å². The average Bonchev–Trinajstić information content (AvgIpc) is 3.03. The second-order valence-corrected chi connectivity index (χ2v) is 8.05. The van der Waals surface area contributed by atoms with Crippen molar-refractivity contribution in [2.45, 2.75) is 5.16 Å². The third-order valence-electron chi connectivity index (χ3n) is 3.51. The molecular weight excluding hydrogens is 487 g/mol. The summed E-state index contributed by atoms with van der Waals surface area (Å²) in [7, 11) is 0. The Hall–Kier alpha value is -2.07. The van der Waals surface area contributed by atoms with Crippen LogP contribution in [0.2, 0.25) is 10.0 Å². The van der Waals surface area contributed by atoms with Crippen LogP contribution in [0.1, 0.15) is 15.9 Å². The highest BCUT2D eigenvalue weighted by atomic mass is 79.9. The zero-order chi connectivity index (χ0) is 20.1. The molecule has 11 heteroatoms. The summed E-state index contributed by atoms with van der Waals surface area (Å²) in [6, 6.07) is 12.3. The molecule has 3 rings (SSSR count). The van der Waals surface area contributed by atoms with Crippen molar-refractivity contribution >= 4 is 68.8 Å². The first kappa shape index (κ1) is 20.7. The minimum absolute atomic E-state index is 0.0383. The lowest BCUT2D eigenvalue weighted by Crippen LogP contribution is -2.14. The van der Waals surface area contributed by atoms with Crippen molar-refractivity contribution in [1.82, 2.24) is 14.9 Å². The topological polar surface area (TPSA) is 98.2 Å². The number of carbonyl (C=O) groups excluding carboxylic acids is 1. The van der Waals surface area contributed by atoms with E-state index < -0.39 is 0 Å². The molecule has 1 aromatic heterocycles. The second kappa shape index (κ2) is 9.42. The first-order valence-electron chi connectivity index (χ1n) is 7.81. The van der Waals surface area contributed by atoms with E-state index in [4.69, 9.17) is 29.0 Å². The average molecular weight is 500 g/mol. The summed E-state index contributed by atoms with van der Waals surface area (Å²) < 4.78 is 2.13. The standard InChI is InChI=1S/C17H13BrCl2N6OS/c18-12-6-4-10(5-7-12)14(27)9-28-17-25-24-16(26(17)21)23-22-8-11-2-1-3-13(19)15(11)20/h1-8H,9,21H2,(H,23,24)/b22-8+. The zero-order valence-corrected chi connectivity index (χ0v) is 18.1. The van der Waals surface area contributed by atoms with Gasteiger partial charge in [-0.25, -0.2) is 10.1 Å². The third kappa shape index (κ3) is 5.05. The quantitative estimate of drug-likeness (QED) is 0.163. The van der Waals surface area contributed by atoms with E-state index in [0.29, 0.717) is 26.3 Å². The highest BCUT2D eigenvalue weighted by Gasteiger charge is 2.13. The number of hydrogen-bond donors (Lipinski definition) is 2. The van der Waals surface area contributed by atoms with Gasteiger partial charge in [-0.2, -0.15) is 5.10 Å². The largest absolute Gasteiger partial charge is 0.334 e. The summed E-state index contributed by atoms with van der Waals surface area (Å²) in [5.74, 6) is 6.31. The minimum atomic E-state index is -0.0383. The zero-order valence-electron chi connectivity index (χ0n) is 14.1. The van der Waals surface area contributed by atoms with E-state index in [-0.39, 0.29) is 17.5 Å². The van der Waals surface area contributed by atoms with Crippen LogP contribution in [0.25, 0.3) is 0 Å². The number of ketones is 1. The maximum atomic E-state index is 12.2. The van der Waals surface area contributed by atoms with Crippen molar-refractivity contribution in [1.29, 1.82) is 0 Å². The number of aromatic nitrogens is 3. The number of nitrogens with one attached hydrogen (secondary N) is 1. The monoisotopic (exact) mass is 498 g/mol. The molecule has 7 nitrogen and oxygen atoms in total. The summed E-state index contributed by atoms with van der Waals surface area (Å²) in [6.45, 7) is 0. The number of thioether (sulfide) groups is 1. The molecule has 0 aliphatic rings. The highest BCUT2D eigenvalue weighted by molar-refractivity contribution is 9.10. The maximum absolute atomic E-state index is 12.2. The summed E-state index contributed by atoms with van der Waals surface area (Å²) >= 11 is 16.6. The van der Waals surface area contributed by atoms with Crippen LogP contribution >= 0.6 is 50.9 Å². The number of benzene rings is 2. The van der Waals surface area contributed by atoms with Crippen LogP contribution in [-0.4, -0.2) is 32.6 Å². The number of halogens is 3. The summed E-state index contributed by atoms with van der Waals surface area (Å²) in [5.41, 5.74) is 3.93. The van der Waals surface area contributed by atoms with Gasteiger partial charge in [0.05, 0.1) is 22.0 Å². The van der Waals surface area contributed by atoms with E-state index in [1.54, 1.807) is 30.3 Å². The fourth-order valence-corrected chi connectivity index (χ4v) is 3.45. The number of Topliss-reactive ketones (excluding diaryl/α,β-unsaturated/α-hetero) is 1. The van der Waals surface area contributed by atoms with Crippen LogP contribution < -0.4 is 11.3 Å². The molecule has 0 atom stereocenters. The molecule has 0 aliphatic carbocycles. The van der Waals surface area contributed by atoms with Crippen molar-refractivity contribution < 1.29 is 4.79 Å². The number of carbonyl (C=O) groups is 1. The summed E-state index contributed by atoms with van der Waals surface area (Å²) in [5, 5.41) is 13.1. The molecule has 3 N–H and O–H groups in total. The Labute approximate surface area is 183 Å². The molecule has 0 spiro atoms. The van der Waals surface area contributed by atoms with Gasteiger partial charge >= 0.3 is 0 Å². The molecule has 3 aromatic rings. The predicted molar refractivity (Wildman–Crippen MR) is 117 cm³/mol. The summed E-state index contributed by atoms with van der Waals surface area (Å²) in [4.78, 5) is 12.2. The van der Waals surface area contributed by atoms with Gasteiger partial charge in [-0.15, -0.1) is 10.2 Å². The Morgan fingerprint density at radius 2 is 2.00 bits per heavy atom. The van der Waals surface area contributed by atoms with Crippen LogP contribution in [-0.2, 0) is 0 Å². The molecule has 0 radical (unpaired) electrons. The number of nitrogens with two attached hydrogens (primary N) is 1. The van der Waals surface area contributed by atoms with Gasteiger partial charge in [0.2, 0.25) is 5.16 Å². The fraction of sp³-hybridized carbons (Fsp3) is 0.0588. The van der Waals surface area contributed by atoms with Gasteiger partial charge < -0.3 is 5.84 Å². The molecule has 0 amide bonds. The first-order chi connectivity index (χ1) is 13.5. The predicted octanol–water partition coefficient (Wildman–Crippen LogP) is 4.48. The molecule has 0 unspecified atom stereocenters. The van der Waals surface area contributed by atoms with E-state index in [1.165, 1.54) is 22.7 Å². The number of hydrogen-bond acceptors (Lipinski definition) is 7. The van der Waals surface area contributed by atoms with Gasteiger partial charge in [-0.1, -0.05) is 75.2 Å². The molecule has 0 saturated heterocycles. The Bertz CT molecular complexity index is 1020. The van der Waals surface area contributed by atoms with Crippen LogP contribution in [0.5, 0.6) is 0 Å². The van der Waals surface area contributed by atoms with Gasteiger partial charge in [0.15, 0.2) is 5.78 Å². The second-order valence-electron chi connectivity index (χ2n) is 5.41. The number of rotatable bonds is 7. The number of hydrazone groups is 1. The van der Waals surface area contributed by atoms with Crippen LogP contribution in [0.4, 0.5) is 5.95 Å². The fourth-order valence-electron chi connectivity index (χ4n) is 2.08. The van der Waals surface area contributed by atoms with E-state index in [0.717, 1.165) is 4.47 Å². The number of anilines is 1. The molecule has 28 heavy (non-hydrogen) atoms. The van der Waals surface area contributed by atoms with Gasteiger partial charge in [-0.3, -0.25) is 4.79 Å². The summed E-state index contributed by atoms with van der Waals surface area (Å²) in [6.07, 6.45) is 1.49. The third-order valence-corrected chi connectivity index (χ3v) is 5.82. The number of nitrogen functional groups attached to an aromatic ring is 1. The number of nitrogens with zero attached hydrogens (tertiary/aromatic N) is 4. The Kier molecular flexibility index (Phi) is 6.95. The normalized spacial score (nSPS) is 11.1. The molecule has 0 bridgehead atoms. The van der Waals surface area contributed by atoms with E-state index in [1.807, 2.05) is 12.1 Å². The van der Waals surface area contributed by atoms with E-state index in [9.17, 15) is 4.79 Å². The SMILES string of the molecule is Nn1c(N/N=C/c2cccc(Cl)c2Cl)nnc1SCC(=O)c1ccc(Br)cc1. The van der Waals surface area contributed by atoms with Crippen molar-refractivity contribution in [2.24, 2.45) is 5.10 Å². The minimum Gasteiger partial charge on any atom is -0.334 e. The van der Waals surface area contributed by atoms with Crippen molar-refractivity contribution in [3.05, 3.63) is 68.1 Å². The van der Waals surface area contributed by atoms with Gasteiger partial charge in [0.25, 0.3) is 5.95 Å². The van der Waals surface area contributed by atoms with Gasteiger partial charge in [0.1, 0.15) is 0 Å². The van der Waals surface area contributed by atoms with Crippen LogP contribution in [0.15, 0.2) is 57.2 Å². The Balaban J connectivity index is 1.60. The molecule has 144 valence electrons.